The second-order valence-corrected chi connectivity index (χ2v) is 5.72. The van der Waals surface area contributed by atoms with Gasteiger partial charge in [0.15, 0.2) is 0 Å². The molecule has 0 aliphatic heterocycles. The maximum absolute atomic E-state index is 12.5. The molecule has 0 fully saturated rings. The Morgan fingerprint density at radius 2 is 1.72 bits per heavy atom. The summed E-state index contributed by atoms with van der Waals surface area (Å²) >= 11 is 0. The smallest absolute Gasteiger partial charge is 0.268 e. The Kier molecular flexibility index (Phi) is 6.34. The number of para-hydroxylation sites is 1. The molecular weight excluding hydrogens is 316 g/mol. The highest BCUT2D eigenvalue weighted by Crippen LogP contribution is 2.18. The largest absolute Gasteiger partial charge is 0.507 e. The minimum atomic E-state index is -0.401. The number of carbonyl (C=O) groups is 2. The minimum absolute atomic E-state index is 0.0327. The molecule has 25 heavy (non-hydrogen) atoms. The topological polar surface area (TPSA) is 78.4 Å². The van der Waals surface area contributed by atoms with Crippen LogP contribution >= 0.6 is 0 Å². The molecule has 0 bridgehead atoms. The lowest BCUT2D eigenvalue weighted by molar-refractivity contribution is -0.118. The molecule has 0 aliphatic carbocycles. The van der Waals surface area contributed by atoms with Crippen molar-refractivity contribution in [3.63, 3.8) is 0 Å². The number of hydrogen-bond acceptors (Lipinski definition) is 3. The predicted molar refractivity (Wildman–Crippen MR) is 97.9 cm³/mol. The first-order chi connectivity index (χ1) is 12.0. The molecule has 2 rings (SSSR count). The molecule has 0 radical (unpaired) electrons. The van der Waals surface area contributed by atoms with Gasteiger partial charge in [-0.1, -0.05) is 43.3 Å². The van der Waals surface area contributed by atoms with Crippen LogP contribution in [0.2, 0.25) is 0 Å². The summed E-state index contributed by atoms with van der Waals surface area (Å²) in [6.07, 6.45) is 2.23. The van der Waals surface area contributed by atoms with E-state index in [1.807, 2.05) is 19.9 Å². The molecule has 0 heterocycles. The van der Waals surface area contributed by atoms with Crippen LogP contribution in [0.5, 0.6) is 5.75 Å². The van der Waals surface area contributed by atoms with E-state index in [9.17, 15) is 14.7 Å². The minimum Gasteiger partial charge on any atom is -0.507 e. The Balaban J connectivity index is 2.30. The highest BCUT2D eigenvalue weighted by molar-refractivity contribution is 6.05. The first-order valence-corrected chi connectivity index (χ1v) is 8.18. The molecular formula is C20H22N2O3. The van der Waals surface area contributed by atoms with Gasteiger partial charge in [0.25, 0.3) is 11.8 Å². The highest BCUT2D eigenvalue weighted by atomic mass is 16.3. The van der Waals surface area contributed by atoms with Crippen LogP contribution in [-0.4, -0.2) is 23.0 Å². The molecule has 2 aromatic rings. The summed E-state index contributed by atoms with van der Waals surface area (Å²) in [6, 6.07) is 15.2. The average Bonchev–Trinajstić information content (AvgIpc) is 2.63. The third-order valence-electron chi connectivity index (χ3n) is 3.76. The van der Waals surface area contributed by atoms with Gasteiger partial charge in [-0.05, 0) is 37.6 Å². The van der Waals surface area contributed by atoms with E-state index in [-0.39, 0.29) is 23.4 Å². The van der Waals surface area contributed by atoms with E-state index in [0.717, 1.165) is 6.42 Å². The molecule has 5 heteroatoms. The second kappa shape index (κ2) is 8.68. The number of amides is 2. The van der Waals surface area contributed by atoms with Crippen LogP contribution in [0, 0.1) is 0 Å². The Hall–Kier alpha value is -3.08. The van der Waals surface area contributed by atoms with Crippen LogP contribution in [0.3, 0.4) is 0 Å². The van der Waals surface area contributed by atoms with Gasteiger partial charge >= 0.3 is 0 Å². The standard InChI is InChI=1S/C20H22N2O3/c1-3-14(2)21-20(25)17(13-16-11-7-8-12-18(16)23)22-19(24)15-9-5-4-6-10-15/h4-14,23H,3H2,1-2H3,(H,21,25)(H,22,24)/b17-13+. The zero-order valence-corrected chi connectivity index (χ0v) is 14.3. The fourth-order valence-electron chi connectivity index (χ4n) is 2.11. The summed E-state index contributed by atoms with van der Waals surface area (Å²) in [5.74, 6) is -0.756. The molecule has 1 atom stereocenters. The van der Waals surface area contributed by atoms with E-state index >= 15 is 0 Å². The van der Waals surface area contributed by atoms with Crippen molar-refractivity contribution in [1.29, 1.82) is 0 Å². The van der Waals surface area contributed by atoms with Crippen molar-refractivity contribution in [3.05, 3.63) is 71.4 Å². The van der Waals surface area contributed by atoms with Crippen LogP contribution in [-0.2, 0) is 4.79 Å². The van der Waals surface area contributed by atoms with E-state index in [4.69, 9.17) is 0 Å². The lowest BCUT2D eigenvalue weighted by atomic mass is 10.1. The quantitative estimate of drug-likeness (QED) is 0.708. The van der Waals surface area contributed by atoms with E-state index in [2.05, 4.69) is 10.6 Å². The third kappa shape index (κ3) is 5.21. The number of hydrogen-bond donors (Lipinski definition) is 3. The average molecular weight is 338 g/mol. The molecule has 0 spiro atoms. The number of carbonyl (C=O) groups excluding carboxylic acids is 2. The van der Waals surface area contributed by atoms with Crippen LogP contribution in [0.25, 0.3) is 6.08 Å². The van der Waals surface area contributed by atoms with E-state index in [0.29, 0.717) is 11.1 Å². The summed E-state index contributed by atoms with van der Waals surface area (Å²) < 4.78 is 0. The molecule has 5 nitrogen and oxygen atoms in total. The third-order valence-corrected chi connectivity index (χ3v) is 3.76. The molecule has 0 aromatic heterocycles. The van der Waals surface area contributed by atoms with Crippen LogP contribution in [0.1, 0.15) is 36.2 Å². The van der Waals surface area contributed by atoms with Crippen LogP contribution in [0.4, 0.5) is 0 Å². The summed E-state index contributed by atoms with van der Waals surface area (Å²) in [7, 11) is 0. The molecule has 3 N–H and O–H groups in total. The van der Waals surface area contributed by atoms with Crippen molar-refractivity contribution in [2.45, 2.75) is 26.3 Å². The second-order valence-electron chi connectivity index (χ2n) is 5.72. The number of phenolic OH excluding ortho intramolecular Hbond substituents is 1. The van der Waals surface area contributed by atoms with Crippen molar-refractivity contribution < 1.29 is 14.7 Å². The van der Waals surface area contributed by atoms with E-state index in [1.165, 1.54) is 12.1 Å². The monoisotopic (exact) mass is 338 g/mol. The molecule has 1 unspecified atom stereocenters. The molecule has 0 saturated heterocycles. The zero-order chi connectivity index (χ0) is 18.2. The first kappa shape index (κ1) is 18.3. The van der Waals surface area contributed by atoms with Gasteiger partial charge < -0.3 is 15.7 Å². The van der Waals surface area contributed by atoms with Crippen molar-refractivity contribution in [1.82, 2.24) is 10.6 Å². The van der Waals surface area contributed by atoms with Gasteiger partial charge in [-0.2, -0.15) is 0 Å². The molecule has 0 aliphatic rings. The number of nitrogens with one attached hydrogen (secondary N) is 2. The van der Waals surface area contributed by atoms with Gasteiger partial charge in [0.05, 0.1) is 0 Å². The number of phenols is 1. The SMILES string of the molecule is CCC(C)NC(=O)/C(=C\c1ccccc1O)NC(=O)c1ccccc1. The maximum Gasteiger partial charge on any atom is 0.268 e. The van der Waals surface area contributed by atoms with Crippen molar-refractivity contribution in [2.75, 3.05) is 0 Å². The fraction of sp³-hybridized carbons (Fsp3) is 0.200. The highest BCUT2D eigenvalue weighted by Gasteiger charge is 2.16. The number of rotatable bonds is 6. The van der Waals surface area contributed by atoms with Gasteiger partial charge in [-0.15, -0.1) is 0 Å². The van der Waals surface area contributed by atoms with Crippen LogP contribution in [0.15, 0.2) is 60.3 Å². The van der Waals surface area contributed by atoms with Gasteiger partial charge in [0.1, 0.15) is 11.4 Å². The maximum atomic E-state index is 12.5. The molecule has 130 valence electrons. The summed E-state index contributed by atoms with van der Waals surface area (Å²) in [6.45, 7) is 3.84. The van der Waals surface area contributed by atoms with Crippen LogP contribution < -0.4 is 10.6 Å². The lowest BCUT2D eigenvalue weighted by Crippen LogP contribution is -2.38. The van der Waals surface area contributed by atoms with Gasteiger partial charge in [-0.25, -0.2) is 0 Å². The summed E-state index contributed by atoms with van der Waals surface area (Å²) in [4.78, 5) is 24.9. The molecule has 0 saturated carbocycles. The van der Waals surface area contributed by atoms with E-state index in [1.54, 1.807) is 42.5 Å². The lowest BCUT2D eigenvalue weighted by Gasteiger charge is -2.15. The van der Waals surface area contributed by atoms with Gasteiger partial charge in [-0.3, -0.25) is 9.59 Å². The number of benzene rings is 2. The van der Waals surface area contributed by atoms with Gasteiger partial charge in [0, 0.05) is 17.2 Å². The zero-order valence-electron chi connectivity index (χ0n) is 14.3. The molecule has 2 amide bonds. The first-order valence-electron chi connectivity index (χ1n) is 8.18. The Morgan fingerprint density at radius 3 is 2.36 bits per heavy atom. The summed E-state index contributed by atoms with van der Waals surface area (Å²) in [5, 5.41) is 15.4. The Labute approximate surface area is 147 Å². The van der Waals surface area contributed by atoms with Crippen molar-refractivity contribution in [2.24, 2.45) is 0 Å². The Bertz CT molecular complexity index is 770. The van der Waals surface area contributed by atoms with Crippen molar-refractivity contribution in [3.8, 4) is 5.75 Å². The molecule has 2 aromatic carbocycles. The predicted octanol–water partition coefficient (Wildman–Crippen LogP) is 3.08. The Morgan fingerprint density at radius 1 is 1.08 bits per heavy atom. The van der Waals surface area contributed by atoms with Crippen molar-refractivity contribution >= 4 is 17.9 Å². The summed E-state index contributed by atoms with van der Waals surface area (Å²) in [5.41, 5.74) is 0.975. The van der Waals surface area contributed by atoms with Gasteiger partial charge in [0.2, 0.25) is 0 Å². The normalized spacial score (nSPS) is 12.3. The fourth-order valence-corrected chi connectivity index (χ4v) is 2.11. The number of aromatic hydroxyl groups is 1. The van der Waals surface area contributed by atoms with E-state index < -0.39 is 5.91 Å².